The Morgan fingerprint density at radius 2 is 2.04 bits per heavy atom. The van der Waals surface area contributed by atoms with Gasteiger partial charge in [-0.2, -0.15) is 5.10 Å². The molecule has 1 unspecified atom stereocenters. The van der Waals surface area contributed by atoms with Crippen LogP contribution in [0.1, 0.15) is 28.6 Å². The van der Waals surface area contributed by atoms with Gasteiger partial charge in [-0.1, -0.05) is 6.07 Å². The van der Waals surface area contributed by atoms with Crippen LogP contribution in [-0.4, -0.2) is 32.8 Å². The van der Waals surface area contributed by atoms with E-state index in [1.165, 1.54) is 11.0 Å². The van der Waals surface area contributed by atoms with E-state index in [4.69, 9.17) is 0 Å². The van der Waals surface area contributed by atoms with Gasteiger partial charge in [0.1, 0.15) is 17.7 Å². The predicted molar refractivity (Wildman–Crippen MR) is 80.9 cm³/mol. The second-order valence-electron chi connectivity index (χ2n) is 5.59. The van der Waals surface area contributed by atoms with E-state index in [9.17, 15) is 18.7 Å². The van der Waals surface area contributed by atoms with Gasteiger partial charge in [-0.25, -0.2) is 8.78 Å². The zero-order valence-corrected chi connectivity index (χ0v) is 13.5. The average Bonchev–Trinajstić information content (AvgIpc) is 2.68. The minimum absolute atomic E-state index is 0.0689. The Labute approximate surface area is 133 Å². The Balaban J connectivity index is 2.36. The number of carboxylic acid groups (broad SMARTS) is 1. The molecular formula is C16H19F2N3O2. The molecule has 0 aliphatic heterocycles. The number of benzene rings is 1. The topological polar surface area (TPSA) is 58.4 Å². The fourth-order valence-corrected chi connectivity index (χ4v) is 2.67. The molecule has 0 saturated heterocycles. The van der Waals surface area contributed by atoms with Crippen molar-refractivity contribution in [3.05, 3.63) is 52.3 Å². The van der Waals surface area contributed by atoms with Gasteiger partial charge in [0.2, 0.25) is 0 Å². The van der Waals surface area contributed by atoms with Crippen molar-refractivity contribution in [2.24, 2.45) is 7.05 Å². The minimum atomic E-state index is -1.21. The molecule has 1 aromatic carbocycles. The zero-order valence-electron chi connectivity index (χ0n) is 13.5. The lowest BCUT2D eigenvalue weighted by atomic mass is 10.0. The summed E-state index contributed by atoms with van der Waals surface area (Å²) in [7, 11) is 3.40. The standard InChI is InChI=1S/C16H19F2N3O2/c1-9-13(10(2)21(4)19-9)8-20(3)15(16(22)23)12-6-5-11(17)7-14(12)18/h5-7,15H,8H2,1-4H3,(H,22,23). The van der Waals surface area contributed by atoms with Crippen LogP contribution in [-0.2, 0) is 18.4 Å². The summed E-state index contributed by atoms with van der Waals surface area (Å²) in [6, 6.07) is 1.71. The average molecular weight is 323 g/mol. The Hall–Kier alpha value is -2.28. The Bertz CT molecular complexity index is 743. The lowest BCUT2D eigenvalue weighted by Gasteiger charge is -2.25. The highest BCUT2D eigenvalue weighted by molar-refractivity contribution is 5.75. The molecule has 5 nitrogen and oxygen atoms in total. The highest BCUT2D eigenvalue weighted by Crippen LogP contribution is 2.26. The van der Waals surface area contributed by atoms with Crippen LogP contribution in [0.5, 0.6) is 0 Å². The van der Waals surface area contributed by atoms with Crippen LogP contribution in [0.4, 0.5) is 8.78 Å². The molecule has 0 spiro atoms. The number of hydrogen-bond acceptors (Lipinski definition) is 3. The summed E-state index contributed by atoms with van der Waals surface area (Å²) in [6.07, 6.45) is 0. The van der Waals surface area contributed by atoms with Gasteiger partial charge in [0.15, 0.2) is 0 Å². The third-order valence-corrected chi connectivity index (χ3v) is 4.00. The van der Waals surface area contributed by atoms with E-state index in [0.29, 0.717) is 12.6 Å². The zero-order chi connectivity index (χ0) is 17.3. The summed E-state index contributed by atoms with van der Waals surface area (Å²) < 4.78 is 28.7. The van der Waals surface area contributed by atoms with Gasteiger partial charge >= 0.3 is 5.97 Å². The molecule has 1 aromatic heterocycles. The molecule has 0 radical (unpaired) electrons. The molecule has 0 bridgehead atoms. The third-order valence-electron chi connectivity index (χ3n) is 4.00. The first-order valence-corrected chi connectivity index (χ1v) is 7.09. The largest absolute Gasteiger partial charge is 0.480 e. The Kier molecular flexibility index (Phi) is 4.79. The molecule has 2 rings (SSSR count). The fraction of sp³-hybridized carbons (Fsp3) is 0.375. The number of hydrogen-bond donors (Lipinski definition) is 1. The number of aryl methyl sites for hydroxylation is 2. The number of nitrogens with zero attached hydrogens (tertiary/aromatic N) is 3. The van der Waals surface area contributed by atoms with Gasteiger partial charge < -0.3 is 5.11 Å². The maximum atomic E-state index is 14.0. The molecule has 1 heterocycles. The lowest BCUT2D eigenvalue weighted by Crippen LogP contribution is -2.31. The number of halogens is 2. The SMILES string of the molecule is Cc1nn(C)c(C)c1CN(C)C(C(=O)O)c1ccc(F)cc1F. The Morgan fingerprint density at radius 1 is 1.39 bits per heavy atom. The first-order valence-electron chi connectivity index (χ1n) is 7.09. The number of aromatic nitrogens is 2. The highest BCUT2D eigenvalue weighted by atomic mass is 19.1. The predicted octanol–water partition coefficient (Wildman–Crippen LogP) is 2.57. The molecule has 0 aliphatic carbocycles. The lowest BCUT2D eigenvalue weighted by molar-refractivity contribution is -0.143. The molecule has 124 valence electrons. The summed E-state index contributed by atoms with van der Waals surface area (Å²) in [5.74, 6) is -2.81. The van der Waals surface area contributed by atoms with E-state index in [0.717, 1.165) is 23.0 Å². The monoisotopic (exact) mass is 323 g/mol. The van der Waals surface area contributed by atoms with E-state index >= 15 is 0 Å². The first kappa shape index (κ1) is 17.1. The highest BCUT2D eigenvalue weighted by Gasteiger charge is 2.29. The van der Waals surface area contributed by atoms with Gasteiger partial charge in [0, 0.05) is 36.5 Å². The molecule has 23 heavy (non-hydrogen) atoms. The molecule has 2 aromatic rings. The molecular weight excluding hydrogens is 304 g/mol. The van der Waals surface area contributed by atoms with Crippen molar-refractivity contribution in [1.29, 1.82) is 0 Å². The third kappa shape index (κ3) is 3.39. The van der Waals surface area contributed by atoms with Crippen molar-refractivity contribution in [3.63, 3.8) is 0 Å². The van der Waals surface area contributed by atoms with Gasteiger partial charge in [-0.3, -0.25) is 14.4 Å². The fourth-order valence-electron chi connectivity index (χ4n) is 2.67. The first-order chi connectivity index (χ1) is 10.7. The minimum Gasteiger partial charge on any atom is -0.480 e. The van der Waals surface area contributed by atoms with Crippen molar-refractivity contribution in [1.82, 2.24) is 14.7 Å². The van der Waals surface area contributed by atoms with Crippen molar-refractivity contribution in [2.75, 3.05) is 7.05 Å². The molecule has 1 atom stereocenters. The van der Waals surface area contributed by atoms with Crippen molar-refractivity contribution >= 4 is 5.97 Å². The number of aliphatic carboxylic acids is 1. The molecule has 0 fully saturated rings. The van der Waals surface area contributed by atoms with Gasteiger partial charge in [-0.15, -0.1) is 0 Å². The number of likely N-dealkylation sites (N-methyl/N-ethyl adjacent to an activating group) is 1. The maximum absolute atomic E-state index is 14.0. The van der Waals surface area contributed by atoms with Crippen LogP contribution in [0.25, 0.3) is 0 Å². The van der Waals surface area contributed by atoms with Crippen LogP contribution in [0.2, 0.25) is 0 Å². The number of carbonyl (C=O) groups is 1. The molecule has 7 heteroatoms. The smallest absolute Gasteiger partial charge is 0.325 e. The van der Waals surface area contributed by atoms with E-state index in [1.807, 2.05) is 13.8 Å². The molecule has 1 N–H and O–H groups in total. The normalized spacial score (nSPS) is 12.7. The second kappa shape index (κ2) is 6.45. The molecule has 0 amide bonds. The van der Waals surface area contributed by atoms with E-state index in [1.54, 1.807) is 18.8 Å². The van der Waals surface area contributed by atoms with Crippen LogP contribution >= 0.6 is 0 Å². The van der Waals surface area contributed by atoms with Gasteiger partial charge in [0.25, 0.3) is 0 Å². The van der Waals surface area contributed by atoms with Crippen molar-refractivity contribution in [2.45, 2.75) is 26.4 Å². The summed E-state index contributed by atoms with van der Waals surface area (Å²) in [4.78, 5) is 13.1. The van der Waals surface area contributed by atoms with Crippen molar-refractivity contribution in [3.8, 4) is 0 Å². The summed E-state index contributed by atoms with van der Waals surface area (Å²) in [6.45, 7) is 4.02. The van der Waals surface area contributed by atoms with Crippen LogP contribution in [0, 0.1) is 25.5 Å². The quantitative estimate of drug-likeness (QED) is 0.919. The van der Waals surface area contributed by atoms with Gasteiger partial charge in [0.05, 0.1) is 5.69 Å². The number of rotatable bonds is 5. The van der Waals surface area contributed by atoms with E-state index in [-0.39, 0.29) is 5.56 Å². The van der Waals surface area contributed by atoms with Crippen LogP contribution < -0.4 is 0 Å². The summed E-state index contributed by atoms with van der Waals surface area (Å²) in [5, 5.41) is 13.8. The molecule has 0 aliphatic rings. The van der Waals surface area contributed by atoms with E-state index < -0.39 is 23.6 Å². The second-order valence-corrected chi connectivity index (χ2v) is 5.59. The van der Waals surface area contributed by atoms with Crippen molar-refractivity contribution < 1.29 is 18.7 Å². The molecule has 0 saturated carbocycles. The van der Waals surface area contributed by atoms with Gasteiger partial charge in [-0.05, 0) is 27.0 Å². The summed E-state index contributed by atoms with van der Waals surface area (Å²) >= 11 is 0. The Morgan fingerprint density at radius 3 is 2.52 bits per heavy atom. The number of carboxylic acids is 1. The maximum Gasteiger partial charge on any atom is 0.325 e. The summed E-state index contributed by atoms with van der Waals surface area (Å²) in [5.41, 5.74) is 2.53. The van der Waals surface area contributed by atoms with Crippen LogP contribution in [0.3, 0.4) is 0 Å². The van der Waals surface area contributed by atoms with E-state index in [2.05, 4.69) is 5.10 Å². The van der Waals surface area contributed by atoms with Crippen LogP contribution in [0.15, 0.2) is 18.2 Å².